The molecule has 1 unspecified atom stereocenters. The van der Waals surface area contributed by atoms with Crippen molar-refractivity contribution in [2.75, 3.05) is 116 Å². The number of aromatic amines is 1. The number of fused-ring (bicyclic) bond motifs is 2. The van der Waals surface area contributed by atoms with Gasteiger partial charge in [0.2, 0.25) is 17.7 Å². The van der Waals surface area contributed by atoms with Crippen LogP contribution < -0.4 is 20.3 Å². The number of piperazine rings is 1. The highest BCUT2D eigenvalue weighted by Gasteiger charge is 2.44. The molecule has 3 aliphatic rings. The normalized spacial score (nSPS) is 16.1. The van der Waals surface area contributed by atoms with E-state index in [0.29, 0.717) is 133 Å². The Hall–Kier alpha value is -6.91. The second-order valence-corrected chi connectivity index (χ2v) is 16.2. The first-order valence-corrected chi connectivity index (χ1v) is 22.9. The van der Waals surface area contributed by atoms with Crippen LogP contribution in [0.4, 0.5) is 15.8 Å². The second kappa shape index (κ2) is 23.4. The summed E-state index contributed by atoms with van der Waals surface area (Å²) in [6, 6.07) is 16.4. The van der Waals surface area contributed by atoms with E-state index in [4.69, 9.17) is 28.4 Å². The molecule has 21 heteroatoms. The van der Waals surface area contributed by atoms with Gasteiger partial charge in [-0.2, -0.15) is 5.10 Å². The van der Waals surface area contributed by atoms with E-state index < -0.39 is 35.5 Å². The molecule has 0 spiro atoms. The first kappa shape index (κ1) is 48.5. The van der Waals surface area contributed by atoms with Crippen molar-refractivity contribution in [2.45, 2.75) is 25.3 Å². The summed E-state index contributed by atoms with van der Waals surface area (Å²) >= 11 is 0. The number of hydrogen-bond donors (Lipinski definition) is 3. The van der Waals surface area contributed by atoms with Crippen molar-refractivity contribution >= 4 is 51.9 Å². The number of imide groups is 2. The number of nitrogens with one attached hydrogen (secondary N) is 3. The van der Waals surface area contributed by atoms with E-state index in [2.05, 4.69) is 35.7 Å². The van der Waals surface area contributed by atoms with Crippen LogP contribution in [0, 0.1) is 5.82 Å². The molecule has 3 aliphatic heterocycles. The number of halogens is 1. The minimum Gasteiger partial charge on any atom is -0.496 e. The van der Waals surface area contributed by atoms with E-state index in [-0.39, 0.29) is 41.3 Å². The monoisotopic (exact) mass is 951 g/mol. The molecule has 2 fully saturated rings. The molecule has 2 saturated heterocycles. The van der Waals surface area contributed by atoms with E-state index in [1.165, 1.54) is 13.2 Å². The molecular weight excluding hydrogens is 898 g/mol. The molecule has 0 radical (unpaired) electrons. The van der Waals surface area contributed by atoms with Crippen molar-refractivity contribution in [3.05, 3.63) is 83.8 Å². The molecule has 3 aromatic carbocycles. The molecule has 69 heavy (non-hydrogen) atoms. The van der Waals surface area contributed by atoms with Gasteiger partial charge in [0, 0.05) is 56.1 Å². The number of piperidine rings is 1. The van der Waals surface area contributed by atoms with Crippen LogP contribution in [-0.2, 0) is 38.1 Å². The van der Waals surface area contributed by atoms with E-state index in [0.717, 1.165) is 16.2 Å². The Balaban J connectivity index is 0.616. The third-order valence-electron chi connectivity index (χ3n) is 11.8. The molecule has 1 atom stereocenters. The fourth-order valence-electron chi connectivity index (χ4n) is 8.22. The van der Waals surface area contributed by atoms with Crippen LogP contribution in [0.3, 0.4) is 0 Å². The average molecular weight is 952 g/mol. The molecule has 5 aromatic rings. The Morgan fingerprint density at radius 3 is 2.14 bits per heavy atom. The number of benzene rings is 3. The lowest BCUT2D eigenvalue weighted by Crippen LogP contribution is -2.54. The van der Waals surface area contributed by atoms with E-state index in [1.807, 2.05) is 29.2 Å². The third kappa shape index (κ3) is 11.9. The van der Waals surface area contributed by atoms with Crippen LogP contribution in [0.2, 0.25) is 0 Å². The van der Waals surface area contributed by atoms with Gasteiger partial charge in [0.05, 0.1) is 102 Å². The zero-order valence-electron chi connectivity index (χ0n) is 38.2. The Morgan fingerprint density at radius 2 is 1.46 bits per heavy atom. The molecule has 364 valence electrons. The molecule has 3 N–H and O–H groups in total. The van der Waals surface area contributed by atoms with Crippen molar-refractivity contribution < 1.29 is 56.8 Å². The number of carbonyl (C=O) groups is 5. The molecule has 5 amide bonds. The Bertz CT molecular complexity index is 2620. The number of anilines is 2. The van der Waals surface area contributed by atoms with Crippen LogP contribution in [-0.4, -0.2) is 171 Å². The smallest absolute Gasteiger partial charge is 0.262 e. The minimum absolute atomic E-state index is 0.0552. The number of hydrogen-bond acceptors (Lipinski definition) is 16. The predicted molar refractivity (Wildman–Crippen MR) is 248 cm³/mol. The minimum atomic E-state index is -1.01. The zero-order chi connectivity index (χ0) is 48.1. The summed E-state index contributed by atoms with van der Waals surface area (Å²) in [6.07, 6.45) is 2.05. The SMILES string of the molecule is COc1cccc(F)c1-c1ncc2[nH]nc(-c3ccc(N4CCN(C(=O)CCOCCOCCOCCOCCOCCNc5ccc6c(c5)C(=O)N(C5CCC(=O)NC5=O)C6=O)CC4)cc3)c2n1. The van der Waals surface area contributed by atoms with Gasteiger partial charge in [0.25, 0.3) is 11.8 Å². The molecule has 0 bridgehead atoms. The molecule has 5 heterocycles. The van der Waals surface area contributed by atoms with Crippen molar-refractivity contribution in [1.82, 2.24) is 35.3 Å². The number of carbonyl (C=O) groups excluding carboxylic acids is 5. The number of ether oxygens (including phenoxy) is 6. The maximum absolute atomic E-state index is 14.8. The van der Waals surface area contributed by atoms with E-state index in [1.54, 1.807) is 36.5 Å². The molecule has 8 rings (SSSR count). The molecular formula is C48H54FN9O11. The van der Waals surface area contributed by atoms with Crippen LogP contribution in [0.25, 0.3) is 33.7 Å². The zero-order valence-corrected chi connectivity index (χ0v) is 38.2. The number of nitrogens with zero attached hydrogens (tertiary/aromatic N) is 6. The number of methoxy groups -OCH3 is 1. The molecule has 0 aliphatic carbocycles. The fraction of sp³-hybridized carbons (Fsp3) is 0.417. The Morgan fingerprint density at radius 1 is 0.797 bits per heavy atom. The lowest BCUT2D eigenvalue weighted by Gasteiger charge is -2.36. The van der Waals surface area contributed by atoms with Crippen molar-refractivity contribution in [1.29, 1.82) is 0 Å². The maximum Gasteiger partial charge on any atom is 0.262 e. The van der Waals surface area contributed by atoms with Gasteiger partial charge in [0.15, 0.2) is 5.82 Å². The number of H-pyrrole nitrogens is 1. The lowest BCUT2D eigenvalue weighted by atomic mass is 10.0. The van der Waals surface area contributed by atoms with Gasteiger partial charge in [-0.05, 0) is 48.9 Å². The summed E-state index contributed by atoms with van der Waals surface area (Å²) in [7, 11) is 1.48. The summed E-state index contributed by atoms with van der Waals surface area (Å²) in [6.45, 7) is 6.90. The highest BCUT2D eigenvalue weighted by atomic mass is 19.1. The van der Waals surface area contributed by atoms with Gasteiger partial charge in [-0.25, -0.2) is 14.4 Å². The van der Waals surface area contributed by atoms with Gasteiger partial charge in [-0.15, -0.1) is 0 Å². The summed E-state index contributed by atoms with van der Waals surface area (Å²) in [5.41, 5.74) is 4.94. The van der Waals surface area contributed by atoms with Crippen LogP contribution in [0.1, 0.15) is 40.0 Å². The van der Waals surface area contributed by atoms with Gasteiger partial charge in [0.1, 0.15) is 34.3 Å². The van der Waals surface area contributed by atoms with Gasteiger partial charge in [-0.1, -0.05) is 18.2 Å². The van der Waals surface area contributed by atoms with Gasteiger partial charge >= 0.3 is 0 Å². The highest BCUT2D eigenvalue weighted by molar-refractivity contribution is 6.23. The molecule has 0 saturated carbocycles. The van der Waals surface area contributed by atoms with Crippen molar-refractivity contribution in [2.24, 2.45) is 0 Å². The summed E-state index contributed by atoms with van der Waals surface area (Å²) in [5.74, 6) is -2.05. The van der Waals surface area contributed by atoms with Crippen LogP contribution >= 0.6 is 0 Å². The third-order valence-corrected chi connectivity index (χ3v) is 11.8. The number of amides is 5. The summed E-state index contributed by atoms with van der Waals surface area (Å²) < 4.78 is 48.1. The first-order valence-electron chi connectivity index (χ1n) is 22.9. The van der Waals surface area contributed by atoms with Gasteiger partial charge < -0.3 is 43.5 Å². The van der Waals surface area contributed by atoms with Crippen molar-refractivity contribution in [3.63, 3.8) is 0 Å². The summed E-state index contributed by atoms with van der Waals surface area (Å²) in [4.78, 5) is 76.6. The summed E-state index contributed by atoms with van der Waals surface area (Å²) in [5, 5.41) is 12.8. The standard InChI is InChI=1S/C48H54FN9O11/c1-64-39-4-2-3-36(49)42(39)45-51-30-37-44(53-45)43(55-54-37)31-5-8-33(9-6-31)56-15-17-57(18-16-56)41(60)13-19-65-21-23-67-25-27-69-28-26-68-24-22-66-20-14-50-32-7-10-34-35(29-32)48(63)58(47(34)62)38-11-12-40(59)52-46(38)61/h2-10,29-30,38,50H,11-28H2,1H3,(H,54,55)(H,52,59,61). The number of rotatable bonds is 24. The van der Waals surface area contributed by atoms with Crippen LogP contribution in [0.15, 0.2) is 66.9 Å². The molecule has 20 nitrogen and oxygen atoms in total. The molecule has 2 aromatic heterocycles. The quantitative estimate of drug-likeness (QED) is 0.0594. The largest absolute Gasteiger partial charge is 0.496 e. The fourth-order valence-corrected chi connectivity index (χ4v) is 8.22. The first-order chi connectivity index (χ1) is 33.7. The second-order valence-electron chi connectivity index (χ2n) is 16.2. The number of aromatic nitrogens is 4. The average Bonchev–Trinajstić information content (AvgIpc) is 3.90. The predicted octanol–water partition coefficient (Wildman–Crippen LogP) is 3.47. The van der Waals surface area contributed by atoms with Crippen LogP contribution in [0.5, 0.6) is 5.75 Å². The highest BCUT2D eigenvalue weighted by Crippen LogP contribution is 2.34. The van der Waals surface area contributed by atoms with E-state index >= 15 is 0 Å². The Kier molecular flexibility index (Phi) is 16.5. The topological polar surface area (TPSA) is 229 Å². The van der Waals surface area contributed by atoms with Gasteiger partial charge in [-0.3, -0.25) is 39.3 Å². The Labute approximate surface area is 396 Å². The maximum atomic E-state index is 14.8. The lowest BCUT2D eigenvalue weighted by molar-refractivity contribution is -0.136. The van der Waals surface area contributed by atoms with E-state index in [9.17, 15) is 28.4 Å². The van der Waals surface area contributed by atoms with Crippen molar-refractivity contribution in [3.8, 4) is 28.4 Å².